The van der Waals surface area contributed by atoms with Gasteiger partial charge in [-0.1, -0.05) is 52.5 Å². The molecule has 1 atom stereocenters. The third kappa shape index (κ3) is 8.21. The van der Waals surface area contributed by atoms with Crippen molar-refractivity contribution in [3.8, 4) is 0 Å². The molecule has 1 aliphatic carbocycles. The largest absolute Gasteiger partial charge is 0.352 e. The number of carbonyl (C=O) groups excluding carboxylic acids is 2. The molecule has 0 radical (unpaired) electrons. The van der Waals surface area contributed by atoms with E-state index in [1.54, 1.807) is 36.1 Å². The SMILES string of the molecule is C[C@H](C(=O)NC1CCCC1)N(Cc1ccc(Br)cc1)C(=O)CCCN(c1ccc(Cl)cc1)S(C)(=O)=O. The molecule has 0 aliphatic heterocycles. The number of nitrogens with zero attached hydrogens (tertiary/aromatic N) is 2. The molecule has 196 valence electrons. The van der Waals surface area contributed by atoms with Crippen LogP contribution in [0.4, 0.5) is 5.69 Å². The summed E-state index contributed by atoms with van der Waals surface area (Å²) in [6.07, 6.45) is 5.69. The number of benzene rings is 2. The summed E-state index contributed by atoms with van der Waals surface area (Å²) >= 11 is 9.36. The highest BCUT2D eigenvalue weighted by atomic mass is 79.9. The molecule has 1 fully saturated rings. The van der Waals surface area contributed by atoms with E-state index in [9.17, 15) is 18.0 Å². The van der Waals surface area contributed by atoms with Gasteiger partial charge in [-0.3, -0.25) is 13.9 Å². The number of hydrogen-bond acceptors (Lipinski definition) is 4. The van der Waals surface area contributed by atoms with Crippen LogP contribution < -0.4 is 9.62 Å². The molecule has 36 heavy (non-hydrogen) atoms. The number of amides is 2. The Kier molecular flexibility index (Phi) is 10.2. The quantitative estimate of drug-likeness (QED) is 0.389. The van der Waals surface area contributed by atoms with Gasteiger partial charge in [0.25, 0.3) is 0 Å². The van der Waals surface area contributed by atoms with E-state index in [0.717, 1.165) is 42.0 Å². The zero-order valence-corrected chi connectivity index (χ0v) is 23.8. The second-order valence-corrected chi connectivity index (χ2v) is 12.5. The molecule has 0 aromatic heterocycles. The zero-order chi connectivity index (χ0) is 26.3. The fourth-order valence-corrected chi connectivity index (χ4v) is 5.73. The lowest BCUT2D eigenvalue weighted by Crippen LogP contribution is -2.49. The lowest BCUT2D eigenvalue weighted by Gasteiger charge is -2.30. The van der Waals surface area contributed by atoms with E-state index in [4.69, 9.17) is 11.6 Å². The number of anilines is 1. The molecule has 1 aliphatic rings. The first kappa shape index (κ1) is 28.5. The average Bonchev–Trinajstić information content (AvgIpc) is 3.34. The summed E-state index contributed by atoms with van der Waals surface area (Å²) in [4.78, 5) is 27.9. The van der Waals surface area contributed by atoms with Crippen molar-refractivity contribution in [2.45, 2.75) is 64.1 Å². The first-order valence-corrected chi connectivity index (χ1v) is 15.1. The number of carbonyl (C=O) groups is 2. The Morgan fingerprint density at radius 2 is 1.69 bits per heavy atom. The highest BCUT2D eigenvalue weighted by Crippen LogP contribution is 2.22. The minimum Gasteiger partial charge on any atom is -0.352 e. The molecule has 0 unspecified atom stereocenters. The van der Waals surface area contributed by atoms with Crippen LogP contribution in [0.15, 0.2) is 53.0 Å². The maximum absolute atomic E-state index is 13.4. The van der Waals surface area contributed by atoms with E-state index in [-0.39, 0.29) is 30.8 Å². The van der Waals surface area contributed by atoms with Gasteiger partial charge < -0.3 is 10.2 Å². The molecular weight excluding hydrogens is 566 g/mol. The van der Waals surface area contributed by atoms with E-state index in [2.05, 4.69) is 21.2 Å². The molecular formula is C26H33BrClN3O4S. The molecule has 10 heteroatoms. The van der Waals surface area contributed by atoms with E-state index in [0.29, 0.717) is 23.7 Å². The van der Waals surface area contributed by atoms with Gasteiger partial charge in [0.2, 0.25) is 21.8 Å². The van der Waals surface area contributed by atoms with Gasteiger partial charge in [0.05, 0.1) is 11.9 Å². The molecule has 0 saturated heterocycles. The van der Waals surface area contributed by atoms with E-state index < -0.39 is 16.1 Å². The molecule has 0 heterocycles. The summed E-state index contributed by atoms with van der Waals surface area (Å²) < 4.78 is 27.0. The van der Waals surface area contributed by atoms with Crippen LogP contribution in [0, 0.1) is 0 Å². The number of rotatable bonds is 11. The molecule has 0 spiro atoms. The third-order valence-electron chi connectivity index (χ3n) is 6.40. The van der Waals surface area contributed by atoms with Crippen LogP contribution in [0.3, 0.4) is 0 Å². The summed E-state index contributed by atoms with van der Waals surface area (Å²) in [5, 5.41) is 3.60. The highest BCUT2D eigenvalue weighted by Gasteiger charge is 2.28. The Balaban J connectivity index is 1.70. The van der Waals surface area contributed by atoms with Crippen molar-refractivity contribution in [2.75, 3.05) is 17.1 Å². The van der Waals surface area contributed by atoms with Crippen molar-refractivity contribution >= 4 is 55.1 Å². The van der Waals surface area contributed by atoms with E-state index in [1.807, 2.05) is 24.3 Å². The van der Waals surface area contributed by atoms with Crippen molar-refractivity contribution < 1.29 is 18.0 Å². The Labute approximate surface area is 227 Å². The highest BCUT2D eigenvalue weighted by molar-refractivity contribution is 9.10. The summed E-state index contributed by atoms with van der Waals surface area (Å²) in [7, 11) is -3.55. The minimum absolute atomic E-state index is 0.108. The Bertz CT molecular complexity index is 1140. The van der Waals surface area contributed by atoms with Crippen molar-refractivity contribution in [1.82, 2.24) is 10.2 Å². The topological polar surface area (TPSA) is 86.8 Å². The van der Waals surface area contributed by atoms with Gasteiger partial charge in [-0.2, -0.15) is 0 Å². The molecule has 7 nitrogen and oxygen atoms in total. The zero-order valence-electron chi connectivity index (χ0n) is 20.6. The van der Waals surface area contributed by atoms with Crippen molar-refractivity contribution in [2.24, 2.45) is 0 Å². The van der Waals surface area contributed by atoms with Gasteiger partial charge in [0.15, 0.2) is 0 Å². The van der Waals surface area contributed by atoms with Gasteiger partial charge in [-0.25, -0.2) is 8.42 Å². The van der Waals surface area contributed by atoms with Crippen LogP contribution in [0.25, 0.3) is 0 Å². The monoisotopic (exact) mass is 597 g/mol. The fraction of sp³-hybridized carbons (Fsp3) is 0.462. The smallest absolute Gasteiger partial charge is 0.242 e. The van der Waals surface area contributed by atoms with Gasteiger partial charge in [0, 0.05) is 35.0 Å². The standard InChI is InChI=1S/C26H33BrClN3O4S/c1-19(26(33)29-23-6-3-4-7-23)30(18-20-9-11-21(27)12-10-20)25(32)8-5-17-31(36(2,34)35)24-15-13-22(28)14-16-24/h9-16,19,23H,3-8,17-18H2,1-2H3,(H,29,33)/t19-/m1/s1. The molecule has 3 rings (SSSR count). The first-order chi connectivity index (χ1) is 17.0. The number of hydrogen-bond donors (Lipinski definition) is 1. The predicted octanol–water partition coefficient (Wildman–Crippen LogP) is 5.12. The second kappa shape index (κ2) is 12.9. The van der Waals surface area contributed by atoms with Crippen molar-refractivity contribution in [1.29, 1.82) is 0 Å². The third-order valence-corrected chi connectivity index (χ3v) is 8.38. The predicted molar refractivity (Wildman–Crippen MR) is 147 cm³/mol. The maximum Gasteiger partial charge on any atom is 0.242 e. The number of sulfonamides is 1. The van der Waals surface area contributed by atoms with Gasteiger partial charge in [-0.05, 0) is 68.1 Å². The van der Waals surface area contributed by atoms with Gasteiger partial charge in [0.1, 0.15) is 6.04 Å². The molecule has 0 bridgehead atoms. The number of halogens is 2. The van der Waals surface area contributed by atoms with Crippen LogP contribution >= 0.6 is 27.5 Å². The second-order valence-electron chi connectivity index (χ2n) is 9.23. The lowest BCUT2D eigenvalue weighted by atomic mass is 10.1. The average molecular weight is 599 g/mol. The first-order valence-electron chi connectivity index (χ1n) is 12.1. The molecule has 1 N–H and O–H groups in total. The van der Waals surface area contributed by atoms with Gasteiger partial charge in [-0.15, -0.1) is 0 Å². The minimum atomic E-state index is -3.55. The fourth-order valence-electron chi connectivity index (χ4n) is 4.37. The van der Waals surface area contributed by atoms with Crippen LogP contribution in [0.1, 0.15) is 51.0 Å². The van der Waals surface area contributed by atoms with Crippen LogP contribution in [-0.4, -0.2) is 50.0 Å². The summed E-state index contributed by atoms with van der Waals surface area (Å²) in [5.41, 5.74) is 1.40. The number of nitrogens with one attached hydrogen (secondary N) is 1. The summed E-state index contributed by atoms with van der Waals surface area (Å²) in [5.74, 6) is -0.358. The molecule has 1 saturated carbocycles. The molecule has 2 aromatic carbocycles. The molecule has 2 amide bonds. The Morgan fingerprint density at radius 3 is 2.28 bits per heavy atom. The van der Waals surface area contributed by atoms with Gasteiger partial charge >= 0.3 is 0 Å². The normalized spacial score (nSPS) is 14.9. The summed E-state index contributed by atoms with van der Waals surface area (Å²) in [6, 6.07) is 13.7. The van der Waals surface area contributed by atoms with Crippen LogP contribution in [0.5, 0.6) is 0 Å². The van der Waals surface area contributed by atoms with Crippen molar-refractivity contribution in [3.63, 3.8) is 0 Å². The maximum atomic E-state index is 13.4. The van der Waals surface area contributed by atoms with Crippen LogP contribution in [-0.2, 0) is 26.2 Å². The van der Waals surface area contributed by atoms with Crippen LogP contribution in [0.2, 0.25) is 5.02 Å². The van der Waals surface area contributed by atoms with E-state index >= 15 is 0 Å². The Morgan fingerprint density at radius 1 is 1.08 bits per heavy atom. The van der Waals surface area contributed by atoms with E-state index in [1.165, 1.54) is 4.31 Å². The summed E-state index contributed by atoms with van der Waals surface area (Å²) in [6.45, 7) is 2.18. The Hall–Kier alpha value is -2.10. The lowest BCUT2D eigenvalue weighted by molar-refractivity contribution is -0.141. The molecule has 2 aromatic rings. The van der Waals surface area contributed by atoms with Crippen molar-refractivity contribution in [3.05, 3.63) is 63.6 Å².